The van der Waals surface area contributed by atoms with Crippen molar-refractivity contribution < 1.29 is 8.78 Å². The average Bonchev–Trinajstić information content (AvgIpc) is 3.25. The number of fused-ring (bicyclic) bond motifs is 1. The second kappa shape index (κ2) is 6.71. The Morgan fingerprint density at radius 2 is 2.12 bits per heavy atom. The molecule has 4 rings (SSSR count). The van der Waals surface area contributed by atoms with Gasteiger partial charge in [0.1, 0.15) is 11.6 Å². The number of hydrogen-bond acceptors (Lipinski definition) is 6. The van der Waals surface area contributed by atoms with Crippen molar-refractivity contribution in [3.63, 3.8) is 0 Å². The Kier molecular flexibility index (Phi) is 4.39. The van der Waals surface area contributed by atoms with Gasteiger partial charge in [0.2, 0.25) is 5.13 Å². The number of para-hydroxylation sites is 1. The predicted octanol–water partition coefficient (Wildman–Crippen LogP) is 3.16. The van der Waals surface area contributed by atoms with E-state index in [2.05, 4.69) is 14.3 Å². The summed E-state index contributed by atoms with van der Waals surface area (Å²) < 4.78 is 31.7. The molecule has 9 heteroatoms. The molecule has 3 heterocycles. The molecule has 3 aromatic rings. The molecule has 0 aliphatic carbocycles. The molecule has 26 heavy (non-hydrogen) atoms. The summed E-state index contributed by atoms with van der Waals surface area (Å²) in [5, 5.41) is 1.09. The zero-order valence-electron chi connectivity index (χ0n) is 14.1. The molecule has 1 atom stereocenters. The highest BCUT2D eigenvalue weighted by atomic mass is 32.1. The monoisotopic (exact) mass is 377 g/mol. The van der Waals surface area contributed by atoms with E-state index in [0.717, 1.165) is 29.1 Å². The van der Waals surface area contributed by atoms with Crippen molar-refractivity contribution in [1.82, 2.24) is 18.9 Å². The summed E-state index contributed by atoms with van der Waals surface area (Å²) in [5.74, 6) is 1.05. The lowest BCUT2D eigenvalue weighted by molar-refractivity contribution is 0.123. The smallest absolute Gasteiger partial charge is 0.261 e. The SMILES string of the molecule is Cc1nsc(N2CCCC2c2nc3ccccc3c(=O)n2CC(F)F)n1. The molecular formula is C17H17F2N5OS. The largest absolute Gasteiger partial charge is 0.337 e. The van der Waals surface area contributed by atoms with E-state index >= 15 is 0 Å². The van der Waals surface area contributed by atoms with Gasteiger partial charge in [-0.05, 0) is 31.9 Å². The van der Waals surface area contributed by atoms with Crippen LogP contribution in [-0.4, -0.2) is 31.9 Å². The lowest BCUT2D eigenvalue weighted by atomic mass is 10.1. The van der Waals surface area contributed by atoms with E-state index in [1.54, 1.807) is 24.3 Å². The first-order valence-electron chi connectivity index (χ1n) is 8.39. The van der Waals surface area contributed by atoms with Crippen LogP contribution in [0.2, 0.25) is 0 Å². The van der Waals surface area contributed by atoms with Crippen LogP contribution in [0.15, 0.2) is 29.1 Å². The normalized spacial score (nSPS) is 17.5. The van der Waals surface area contributed by atoms with Crippen molar-refractivity contribution in [3.05, 3.63) is 46.3 Å². The predicted molar refractivity (Wildman–Crippen MR) is 96.0 cm³/mol. The van der Waals surface area contributed by atoms with E-state index in [1.807, 2.05) is 11.8 Å². The second-order valence-corrected chi connectivity index (χ2v) is 7.00. The van der Waals surface area contributed by atoms with Crippen LogP contribution in [0.5, 0.6) is 0 Å². The van der Waals surface area contributed by atoms with E-state index in [9.17, 15) is 13.6 Å². The van der Waals surface area contributed by atoms with Crippen LogP contribution < -0.4 is 10.5 Å². The van der Waals surface area contributed by atoms with Gasteiger partial charge in [0.25, 0.3) is 12.0 Å². The number of aromatic nitrogens is 4. The summed E-state index contributed by atoms with van der Waals surface area (Å²) >= 11 is 1.27. The Labute approximate surface area is 152 Å². The number of nitrogens with zero attached hydrogens (tertiary/aromatic N) is 5. The topological polar surface area (TPSA) is 63.9 Å². The molecule has 1 unspecified atom stereocenters. The molecule has 0 spiro atoms. The van der Waals surface area contributed by atoms with Crippen LogP contribution in [0, 0.1) is 6.92 Å². The third-order valence-electron chi connectivity index (χ3n) is 4.53. The number of rotatable bonds is 4. The van der Waals surface area contributed by atoms with Crippen molar-refractivity contribution in [3.8, 4) is 0 Å². The highest BCUT2D eigenvalue weighted by molar-refractivity contribution is 7.09. The van der Waals surface area contributed by atoms with Gasteiger partial charge in [-0.25, -0.2) is 18.7 Å². The number of halogens is 2. The minimum atomic E-state index is -2.63. The minimum Gasteiger partial charge on any atom is -0.337 e. The Morgan fingerprint density at radius 1 is 1.31 bits per heavy atom. The highest BCUT2D eigenvalue weighted by Gasteiger charge is 2.33. The van der Waals surface area contributed by atoms with Gasteiger partial charge in [-0.1, -0.05) is 12.1 Å². The number of aryl methyl sites for hydroxylation is 1. The summed E-state index contributed by atoms with van der Waals surface area (Å²) in [7, 11) is 0. The lowest BCUT2D eigenvalue weighted by Crippen LogP contribution is -2.33. The third-order valence-corrected chi connectivity index (χ3v) is 5.37. The van der Waals surface area contributed by atoms with Crippen LogP contribution in [-0.2, 0) is 6.54 Å². The molecule has 1 aliphatic heterocycles. The molecule has 2 aromatic heterocycles. The lowest BCUT2D eigenvalue weighted by Gasteiger charge is -2.25. The van der Waals surface area contributed by atoms with Crippen molar-refractivity contribution in [1.29, 1.82) is 0 Å². The number of alkyl halides is 2. The maximum Gasteiger partial charge on any atom is 0.261 e. The van der Waals surface area contributed by atoms with Gasteiger partial charge in [0, 0.05) is 18.1 Å². The molecule has 1 aliphatic rings. The molecule has 0 N–H and O–H groups in total. The maximum atomic E-state index is 13.2. The van der Waals surface area contributed by atoms with Crippen LogP contribution in [0.1, 0.15) is 30.5 Å². The van der Waals surface area contributed by atoms with Gasteiger partial charge in [-0.2, -0.15) is 4.37 Å². The average molecular weight is 377 g/mol. The fourth-order valence-electron chi connectivity index (χ4n) is 3.42. The molecule has 1 saturated heterocycles. The van der Waals surface area contributed by atoms with E-state index in [4.69, 9.17) is 0 Å². The highest BCUT2D eigenvalue weighted by Crippen LogP contribution is 2.36. The summed E-state index contributed by atoms with van der Waals surface area (Å²) in [4.78, 5) is 23.9. The Balaban J connectivity index is 1.87. The molecule has 0 amide bonds. The molecule has 1 aromatic carbocycles. The first kappa shape index (κ1) is 17.0. The van der Waals surface area contributed by atoms with Crippen LogP contribution in [0.4, 0.5) is 13.9 Å². The first-order valence-corrected chi connectivity index (χ1v) is 9.16. The third kappa shape index (κ3) is 2.96. The van der Waals surface area contributed by atoms with E-state index in [0.29, 0.717) is 22.6 Å². The van der Waals surface area contributed by atoms with Crippen molar-refractivity contribution in [2.24, 2.45) is 0 Å². The zero-order valence-corrected chi connectivity index (χ0v) is 14.9. The van der Waals surface area contributed by atoms with Crippen LogP contribution in [0.3, 0.4) is 0 Å². The molecule has 1 fully saturated rings. The summed E-state index contributed by atoms with van der Waals surface area (Å²) in [5.41, 5.74) is 0.101. The van der Waals surface area contributed by atoms with E-state index < -0.39 is 18.5 Å². The molecule has 136 valence electrons. The van der Waals surface area contributed by atoms with Crippen molar-refractivity contribution in [2.75, 3.05) is 11.4 Å². The second-order valence-electron chi connectivity index (χ2n) is 6.27. The molecule has 6 nitrogen and oxygen atoms in total. The zero-order chi connectivity index (χ0) is 18.3. The standard InChI is InChI=1S/C17H17F2N5OS/c1-10-20-17(26-22-10)23-8-4-7-13(23)15-21-12-6-3-2-5-11(12)16(25)24(15)9-14(18)19/h2-3,5-6,13-14H,4,7-9H2,1H3. The quantitative estimate of drug-likeness (QED) is 0.699. The molecule has 0 radical (unpaired) electrons. The van der Waals surface area contributed by atoms with E-state index in [-0.39, 0.29) is 6.04 Å². The molecular weight excluding hydrogens is 360 g/mol. The first-order chi connectivity index (χ1) is 12.5. The minimum absolute atomic E-state index is 0.265. The maximum absolute atomic E-state index is 13.2. The Bertz CT molecular complexity index is 1000. The van der Waals surface area contributed by atoms with Gasteiger partial charge in [-0.15, -0.1) is 0 Å². The fraction of sp³-hybridized carbons (Fsp3) is 0.412. The van der Waals surface area contributed by atoms with Gasteiger partial charge >= 0.3 is 0 Å². The van der Waals surface area contributed by atoms with Gasteiger partial charge < -0.3 is 4.90 Å². The molecule has 0 bridgehead atoms. The molecule has 0 saturated carbocycles. The summed E-state index contributed by atoms with van der Waals surface area (Å²) in [6.45, 7) is 1.88. The fourth-order valence-corrected chi connectivity index (χ4v) is 4.17. The Morgan fingerprint density at radius 3 is 2.85 bits per heavy atom. The van der Waals surface area contributed by atoms with Crippen LogP contribution in [0.25, 0.3) is 10.9 Å². The number of benzene rings is 1. The van der Waals surface area contributed by atoms with Gasteiger partial charge in [0.05, 0.1) is 23.5 Å². The summed E-state index contributed by atoms with van der Waals surface area (Å²) in [6, 6.07) is 6.59. The van der Waals surface area contributed by atoms with Crippen molar-refractivity contribution >= 4 is 27.6 Å². The van der Waals surface area contributed by atoms with Gasteiger partial charge in [0.15, 0.2) is 0 Å². The number of hydrogen-bond donors (Lipinski definition) is 0. The number of anilines is 1. The Hall–Kier alpha value is -2.42. The van der Waals surface area contributed by atoms with Gasteiger partial charge in [-0.3, -0.25) is 9.36 Å². The van der Waals surface area contributed by atoms with Crippen molar-refractivity contribution in [2.45, 2.75) is 38.8 Å². The van der Waals surface area contributed by atoms with E-state index in [1.165, 1.54) is 11.5 Å². The summed E-state index contributed by atoms with van der Waals surface area (Å²) in [6.07, 6.45) is -1.03. The van der Waals surface area contributed by atoms with Crippen LogP contribution >= 0.6 is 11.5 Å².